The van der Waals surface area contributed by atoms with Crippen LogP contribution in [0.3, 0.4) is 0 Å². The zero-order chi connectivity index (χ0) is 16.0. The highest BCUT2D eigenvalue weighted by atomic mass is 19.1. The summed E-state index contributed by atoms with van der Waals surface area (Å²) in [7, 11) is 0. The molecular formula is C17H24F2N2. The fourth-order valence-corrected chi connectivity index (χ4v) is 2.72. The minimum Gasteiger partial charge on any atom is -0.300 e. The van der Waals surface area contributed by atoms with Gasteiger partial charge in [0.2, 0.25) is 0 Å². The Morgan fingerprint density at radius 1 is 1.29 bits per heavy atom. The summed E-state index contributed by atoms with van der Waals surface area (Å²) >= 11 is 0. The molecule has 2 unspecified atom stereocenters. The minimum absolute atomic E-state index is 0.179. The maximum Gasteiger partial charge on any atom is 0.129 e. The van der Waals surface area contributed by atoms with Gasteiger partial charge in [-0.1, -0.05) is 19.9 Å². The van der Waals surface area contributed by atoms with Crippen molar-refractivity contribution in [1.82, 2.24) is 4.90 Å². The molecule has 116 valence electrons. The summed E-state index contributed by atoms with van der Waals surface area (Å²) in [4.78, 5) is 2.24. The van der Waals surface area contributed by atoms with E-state index in [1.54, 1.807) is 0 Å². The fourth-order valence-electron chi connectivity index (χ4n) is 2.72. The molecule has 0 aliphatic carbocycles. The van der Waals surface area contributed by atoms with Gasteiger partial charge in [0.1, 0.15) is 11.6 Å². The Morgan fingerprint density at radius 3 is 2.48 bits per heavy atom. The van der Waals surface area contributed by atoms with E-state index in [4.69, 9.17) is 0 Å². The molecule has 0 amide bonds. The van der Waals surface area contributed by atoms with Gasteiger partial charge >= 0.3 is 0 Å². The normalized spacial score (nSPS) is 22.4. The first-order chi connectivity index (χ1) is 10.0. The fraction of sp³-hybridized carbons (Fsp3) is 0.588. The van der Waals surface area contributed by atoms with Gasteiger partial charge in [-0.05, 0) is 38.4 Å². The Kier molecular flexibility index (Phi) is 6.77. The summed E-state index contributed by atoms with van der Waals surface area (Å²) in [5, 5.41) is 9.23. The third-order valence-electron chi connectivity index (χ3n) is 3.90. The van der Waals surface area contributed by atoms with E-state index in [1.807, 2.05) is 13.8 Å². The highest BCUT2D eigenvalue weighted by molar-refractivity contribution is 5.26. The average molecular weight is 294 g/mol. The minimum atomic E-state index is -0.578. The van der Waals surface area contributed by atoms with E-state index in [-0.39, 0.29) is 11.8 Å². The zero-order valence-electron chi connectivity index (χ0n) is 13.2. The van der Waals surface area contributed by atoms with Crippen LogP contribution < -0.4 is 0 Å². The largest absolute Gasteiger partial charge is 0.300 e. The molecule has 2 atom stereocenters. The van der Waals surface area contributed by atoms with E-state index in [0.29, 0.717) is 18.2 Å². The molecule has 1 aromatic rings. The summed E-state index contributed by atoms with van der Waals surface area (Å²) in [5.74, 6) is -1.50. The topological polar surface area (TPSA) is 27.0 Å². The van der Waals surface area contributed by atoms with Crippen LogP contribution in [0.2, 0.25) is 0 Å². The number of nitriles is 1. The standard InChI is InChI=1S/C15H18F2N2.C2H6/c1-10(2)19-6-5-11(8-18)14(9-19)13-4-3-12(16)7-15(13)17;1-2/h3-4,7,10-11,14H,5-6,9H2,1-2H3;1-2H3. The molecule has 0 bridgehead atoms. The van der Waals surface area contributed by atoms with Crippen LogP contribution in [-0.4, -0.2) is 24.0 Å². The second-order valence-corrected chi connectivity index (χ2v) is 5.39. The molecule has 1 heterocycles. The first-order valence-corrected chi connectivity index (χ1v) is 7.61. The Balaban J connectivity index is 0.00000106. The predicted octanol–water partition coefficient (Wildman–Crippen LogP) is 4.33. The van der Waals surface area contributed by atoms with E-state index < -0.39 is 11.6 Å². The van der Waals surface area contributed by atoms with Gasteiger partial charge in [0.05, 0.1) is 12.0 Å². The molecule has 1 aliphatic heterocycles. The van der Waals surface area contributed by atoms with Crippen molar-refractivity contribution in [2.75, 3.05) is 13.1 Å². The van der Waals surface area contributed by atoms with Crippen molar-refractivity contribution in [2.45, 2.75) is 46.1 Å². The van der Waals surface area contributed by atoms with Gasteiger partial charge in [-0.2, -0.15) is 5.26 Å². The Labute approximate surface area is 126 Å². The van der Waals surface area contributed by atoms with Gasteiger partial charge in [-0.15, -0.1) is 0 Å². The van der Waals surface area contributed by atoms with Crippen molar-refractivity contribution >= 4 is 0 Å². The van der Waals surface area contributed by atoms with Gasteiger partial charge in [-0.3, -0.25) is 0 Å². The smallest absolute Gasteiger partial charge is 0.129 e. The number of piperidine rings is 1. The van der Waals surface area contributed by atoms with Crippen molar-refractivity contribution in [2.24, 2.45) is 5.92 Å². The summed E-state index contributed by atoms with van der Waals surface area (Å²) in [6, 6.07) is 6.27. The molecule has 1 fully saturated rings. The third-order valence-corrected chi connectivity index (χ3v) is 3.90. The van der Waals surface area contributed by atoms with Gasteiger partial charge in [-0.25, -0.2) is 8.78 Å². The van der Waals surface area contributed by atoms with Crippen molar-refractivity contribution in [1.29, 1.82) is 5.26 Å². The SMILES string of the molecule is CC.CC(C)N1CCC(C#N)C(c2ccc(F)cc2F)C1. The Bertz CT molecular complexity index is 494. The van der Waals surface area contributed by atoms with E-state index in [1.165, 1.54) is 12.1 Å². The van der Waals surface area contributed by atoms with Gasteiger partial charge in [0.25, 0.3) is 0 Å². The van der Waals surface area contributed by atoms with E-state index in [9.17, 15) is 14.0 Å². The Hall–Kier alpha value is -1.47. The molecular weight excluding hydrogens is 270 g/mol. The second kappa shape index (κ2) is 8.09. The molecule has 21 heavy (non-hydrogen) atoms. The third kappa shape index (κ3) is 4.25. The van der Waals surface area contributed by atoms with Crippen LogP contribution in [0.15, 0.2) is 18.2 Å². The maximum atomic E-state index is 13.9. The van der Waals surface area contributed by atoms with Crippen molar-refractivity contribution in [3.8, 4) is 6.07 Å². The number of rotatable bonds is 2. The molecule has 0 spiro atoms. The molecule has 0 aromatic heterocycles. The van der Waals surface area contributed by atoms with Crippen LogP contribution in [0.25, 0.3) is 0 Å². The lowest BCUT2D eigenvalue weighted by molar-refractivity contribution is 0.145. The molecule has 1 saturated heterocycles. The van der Waals surface area contributed by atoms with Crippen LogP contribution in [0, 0.1) is 28.9 Å². The van der Waals surface area contributed by atoms with E-state index in [2.05, 4.69) is 24.8 Å². The summed E-state index contributed by atoms with van der Waals surface area (Å²) in [6.45, 7) is 9.68. The summed E-state index contributed by atoms with van der Waals surface area (Å²) in [5.41, 5.74) is 0.457. The molecule has 1 aromatic carbocycles. The number of halogens is 2. The number of nitrogens with zero attached hydrogens (tertiary/aromatic N) is 2. The number of hydrogen-bond acceptors (Lipinski definition) is 2. The van der Waals surface area contributed by atoms with Crippen LogP contribution in [0.1, 0.15) is 45.6 Å². The molecule has 2 nitrogen and oxygen atoms in total. The van der Waals surface area contributed by atoms with Crippen molar-refractivity contribution < 1.29 is 8.78 Å². The van der Waals surface area contributed by atoms with Crippen LogP contribution in [0.5, 0.6) is 0 Å². The zero-order valence-corrected chi connectivity index (χ0v) is 13.2. The van der Waals surface area contributed by atoms with Gasteiger partial charge in [0.15, 0.2) is 0 Å². The van der Waals surface area contributed by atoms with Crippen LogP contribution in [0.4, 0.5) is 8.78 Å². The first kappa shape index (κ1) is 17.6. The van der Waals surface area contributed by atoms with E-state index >= 15 is 0 Å². The molecule has 2 rings (SSSR count). The van der Waals surface area contributed by atoms with Crippen molar-refractivity contribution in [3.05, 3.63) is 35.4 Å². The van der Waals surface area contributed by atoms with Gasteiger partial charge in [0, 0.05) is 24.6 Å². The predicted molar refractivity (Wildman–Crippen MR) is 80.9 cm³/mol. The molecule has 4 heteroatoms. The highest BCUT2D eigenvalue weighted by Gasteiger charge is 2.32. The first-order valence-electron chi connectivity index (χ1n) is 7.61. The Morgan fingerprint density at radius 2 is 1.95 bits per heavy atom. The van der Waals surface area contributed by atoms with Gasteiger partial charge < -0.3 is 4.90 Å². The summed E-state index contributed by atoms with van der Waals surface area (Å²) in [6.07, 6.45) is 0.732. The average Bonchev–Trinajstić information content (AvgIpc) is 2.48. The maximum absolute atomic E-state index is 13.9. The van der Waals surface area contributed by atoms with Crippen LogP contribution in [-0.2, 0) is 0 Å². The number of benzene rings is 1. The highest BCUT2D eigenvalue weighted by Crippen LogP contribution is 2.34. The summed E-state index contributed by atoms with van der Waals surface area (Å²) < 4.78 is 26.9. The molecule has 0 saturated carbocycles. The lowest BCUT2D eigenvalue weighted by atomic mass is 9.81. The quantitative estimate of drug-likeness (QED) is 0.812. The number of hydrogen-bond donors (Lipinski definition) is 0. The molecule has 0 N–H and O–H groups in total. The lowest BCUT2D eigenvalue weighted by Gasteiger charge is -2.38. The molecule has 0 radical (unpaired) electrons. The van der Waals surface area contributed by atoms with E-state index in [0.717, 1.165) is 19.0 Å². The second-order valence-electron chi connectivity index (χ2n) is 5.39. The number of likely N-dealkylation sites (tertiary alicyclic amines) is 1. The monoisotopic (exact) mass is 294 g/mol. The lowest BCUT2D eigenvalue weighted by Crippen LogP contribution is -2.42. The molecule has 1 aliphatic rings. The van der Waals surface area contributed by atoms with Crippen LogP contribution >= 0.6 is 0 Å². The van der Waals surface area contributed by atoms with Crippen molar-refractivity contribution in [3.63, 3.8) is 0 Å².